The summed E-state index contributed by atoms with van der Waals surface area (Å²) in [6.45, 7) is 4.63. The number of nitrogens with zero attached hydrogens (tertiary/aromatic N) is 4. The molecule has 1 amide bonds. The van der Waals surface area contributed by atoms with Crippen molar-refractivity contribution in [1.82, 2.24) is 25.0 Å². The Morgan fingerprint density at radius 3 is 3.13 bits per heavy atom. The molecule has 1 fully saturated rings. The molecule has 0 aliphatic carbocycles. The Morgan fingerprint density at radius 2 is 2.43 bits per heavy atom. The van der Waals surface area contributed by atoms with Gasteiger partial charge in [0.1, 0.15) is 10.7 Å². The first-order valence-electron chi connectivity index (χ1n) is 8.12. The Hall–Kier alpha value is -1.73. The summed E-state index contributed by atoms with van der Waals surface area (Å²) in [7, 11) is 1.80. The molecule has 0 radical (unpaired) electrons. The molecule has 3 rings (SSSR count). The van der Waals surface area contributed by atoms with Crippen molar-refractivity contribution >= 4 is 17.2 Å². The van der Waals surface area contributed by atoms with E-state index in [2.05, 4.69) is 22.3 Å². The van der Waals surface area contributed by atoms with Crippen molar-refractivity contribution in [1.29, 1.82) is 0 Å². The van der Waals surface area contributed by atoms with E-state index in [1.54, 1.807) is 23.3 Å². The highest BCUT2D eigenvalue weighted by atomic mass is 32.1. The van der Waals surface area contributed by atoms with Gasteiger partial charge in [-0.05, 0) is 31.9 Å². The van der Waals surface area contributed by atoms with Gasteiger partial charge in [-0.1, -0.05) is 6.92 Å². The highest BCUT2D eigenvalue weighted by Crippen LogP contribution is 2.18. The number of carbonyl (C=O) groups is 1. The topological polar surface area (TPSA) is 63.1 Å². The summed E-state index contributed by atoms with van der Waals surface area (Å²) in [5.41, 5.74) is 0.505. The van der Waals surface area contributed by atoms with Gasteiger partial charge in [0.2, 0.25) is 0 Å². The molecule has 2 aromatic rings. The predicted octanol–water partition coefficient (Wildman–Crippen LogP) is 2.10. The zero-order valence-corrected chi connectivity index (χ0v) is 14.5. The molecule has 1 unspecified atom stereocenters. The van der Waals surface area contributed by atoms with Gasteiger partial charge in [-0.3, -0.25) is 9.48 Å². The molecule has 7 heteroatoms. The van der Waals surface area contributed by atoms with Crippen LogP contribution in [0.5, 0.6) is 0 Å². The summed E-state index contributed by atoms with van der Waals surface area (Å²) in [5.74, 6) is -0.0548. The minimum atomic E-state index is -0.0548. The van der Waals surface area contributed by atoms with Crippen LogP contribution >= 0.6 is 11.3 Å². The number of carbonyl (C=O) groups excluding carboxylic acids is 1. The van der Waals surface area contributed by atoms with Crippen LogP contribution in [0.1, 0.15) is 46.2 Å². The van der Waals surface area contributed by atoms with Crippen LogP contribution in [-0.2, 0) is 13.0 Å². The van der Waals surface area contributed by atoms with E-state index < -0.39 is 0 Å². The van der Waals surface area contributed by atoms with E-state index in [1.807, 2.05) is 23.1 Å². The summed E-state index contributed by atoms with van der Waals surface area (Å²) in [5, 5.41) is 8.82. The summed E-state index contributed by atoms with van der Waals surface area (Å²) in [4.78, 5) is 19.8. The van der Waals surface area contributed by atoms with Crippen molar-refractivity contribution in [2.75, 3.05) is 20.1 Å². The van der Waals surface area contributed by atoms with Gasteiger partial charge in [-0.25, -0.2) is 4.98 Å². The van der Waals surface area contributed by atoms with Gasteiger partial charge in [0.25, 0.3) is 5.91 Å². The fourth-order valence-electron chi connectivity index (χ4n) is 2.77. The number of nitrogens with one attached hydrogen (secondary N) is 1. The van der Waals surface area contributed by atoms with E-state index in [0.29, 0.717) is 18.3 Å². The molecule has 0 aromatic carbocycles. The minimum absolute atomic E-state index is 0.0548. The lowest BCUT2D eigenvalue weighted by Crippen LogP contribution is -2.32. The van der Waals surface area contributed by atoms with Gasteiger partial charge >= 0.3 is 0 Å². The van der Waals surface area contributed by atoms with Crippen LogP contribution < -0.4 is 5.32 Å². The lowest BCUT2D eigenvalue weighted by atomic mass is 10.1. The van der Waals surface area contributed by atoms with Crippen LogP contribution in [-0.4, -0.2) is 45.7 Å². The number of hydrogen-bond acceptors (Lipinski definition) is 5. The van der Waals surface area contributed by atoms with E-state index in [1.165, 1.54) is 4.88 Å². The zero-order chi connectivity index (χ0) is 16.2. The van der Waals surface area contributed by atoms with Crippen LogP contribution in [0.4, 0.5) is 0 Å². The fraction of sp³-hybridized carbons (Fsp3) is 0.562. The summed E-state index contributed by atoms with van der Waals surface area (Å²) in [6.07, 6.45) is 7.05. The smallest absolute Gasteiger partial charge is 0.274 e. The van der Waals surface area contributed by atoms with E-state index in [0.717, 1.165) is 37.4 Å². The number of thiazole rings is 1. The molecular formula is C16H23N5OS. The Bertz CT molecular complexity index is 659. The van der Waals surface area contributed by atoms with E-state index in [-0.39, 0.29) is 5.91 Å². The van der Waals surface area contributed by atoms with E-state index in [4.69, 9.17) is 0 Å². The van der Waals surface area contributed by atoms with Gasteiger partial charge in [0.15, 0.2) is 0 Å². The normalized spacial score (nSPS) is 18.1. The van der Waals surface area contributed by atoms with Gasteiger partial charge in [-0.2, -0.15) is 5.10 Å². The fourth-order valence-corrected chi connectivity index (χ4v) is 3.69. The number of amides is 1. The maximum absolute atomic E-state index is 12.5. The summed E-state index contributed by atoms with van der Waals surface area (Å²) < 4.78 is 1.92. The largest absolute Gasteiger partial charge is 0.334 e. The zero-order valence-electron chi connectivity index (χ0n) is 13.7. The van der Waals surface area contributed by atoms with Crippen LogP contribution in [0.15, 0.2) is 18.5 Å². The Balaban J connectivity index is 1.63. The van der Waals surface area contributed by atoms with E-state index >= 15 is 0 Å². The van der Waals surface area contributed by atoms with Gasteiger partial charge in [0, 0.05) is 30.9 Å². The first kappa shape index (κ1) is 16.1. The van der Waals surface area contributed by atoms with Gasteiger partial charge < -0.3 is 10.2 Å². The van der Waals surface area contributed by atoms with Gasteiger partial charge in [0.05, 0.1) is 12.6 Å². The summed E-state index contributed by atoms with van der Waals surface area (Å²) >= 11 is 1.66. The molecule has 2 aromatic heterocycles. The molecular weight excluding hydrogens is 310 g/mol. The first-order valence-corrected chi connectivity index (χ1v) is 8.94. The molecule has 3 heterocycles. The third kappa shape index (κ3) is 3.79. The highest BCUT2D eigenvalue weighted by Gasteiger charge is 2.20. The van der Waals surface area contributed by atoms with Gasteiger partial charge in [-0.15, -0.1) is 11.3 Å². The molecule has 1 aliphatic heterocycles. The molecule has 23 heavy (non-hydrogen) atoms. The molecule has 1 N–H and O–H groups in total. The van der Waals surface area contributed by atoms with Crippen molar-refractivity contribution in [3.63, 3.8) is 0 Å². The molecule has 1 saturated heterocycles. The second-order valence-corrected chi connectivity index (χ2v) is 7.12. The molecule has 6 nitrogen and oxygen atoms in total. The minimum Gasteiger partial charge on any atom is -0.334 e. The highest BCUT2D eigenvalue weighted by molar-refractivity contribution is 7.11. The lowest BCUT2D eigenvalue weighted by Gasteiger charge is -2.23. The maximum atomic E-state index is 12.5. The standard InChI is InChI=1S/C16H23N5OS/c1-3-13-10-18-15(23-13)11-20(2)16(22)14-6-8-21(19-14)12-5-4-7-17-9-12/h6,8,10,12,17H,3-5,7,9,11H2,1-2H3. The van der Waals surface area contributed by atoms with Crippen molar-refractivity contribution in [2.45, 2.75) is 38.8 Å². The second kappa shape index (κ2) is 7.23. The number of aromatic nitrogens is 3. The van der Waals surface area contributed by atoms with Crippen molar-refractivity contribution in [3.8, 4) is 0 Å². The number of rotatable bonds is 5. The van der Waals surface area contributed by atoms with E-state index in [9.17, 15) is 4.79 Å². The van der Waals surface area contributed by atoms with Crippen LogP contribution in [0.25, 0.3) is 0 Å². The molecule has 0 saturated carbocycles. The Labute approximate surface area is 140 Å². The average molecular weight is 333 g/mol. The van der Waals surface area contributed by atoms with Crippen LogP contribution in [0.2, 0.25) is 0 Å². The Morgan fingerprint density at radius 1 is 1.57 bits per heavy atom. The van der Waals surface area contributed by atoms with Crippen molar-refractivity contribution < 1.29 is 4.79 Å². The van der Waals surface area contributed by atoms with Crippen LogP contribution in [0, 0.1) is 0 Å². The predicted molar refractivity (Wildman–Crippen MR) is 90.7 cm³/mol. The second-order valence-electron chi connectivity index (χ2n) is 5.92. The monoisotopic (exact) mass is 333 g/mol. The molecule has 0 spiro atoms. The van der Waals surface area contributed by atoms with Crippen molar-refractivity contribution in [2.24, 2.45) is 0 Å². The van der Waals surface area contributed by atoms with Crippen molar-refractivity contribution in [3.05, 3.63) is 34.0 Å². The lowest BCUT2D eigenvalue weighted by molar-refractivity contribution is 0.0777. The SMILES string of the molecule is CCc1cnc(CN(C)C(=O)c2ccn(C3CCCNC3)n2)s1. The summed E-state index contributed by atoms with van der Waals surface area (Å²) in [6, 6.07) is 2.16. The quantitative estimate of drug-likeness (QED) is 0.910. The molecule has 0 bridgehead atoms. The molecule has 124 valence electrons. The molecule has 1 atom stereocenters. The third-order valence-electron chi connectivity index (χ3n) is 4.14. The number of aryl methyl sites for hydroxylation is 1. The molecule has 1 aliphatic rings. The maximum Gasteiger partial charge on any atom is 0.274 e. The number of hydrogen-bond donors (Lipinski definition) is 1. The first-order chi connectivity index (χ1) is 11.2. The van der Waals surface area contributed by atoms with Crippen LogP contribution in [0.3, 0.4) is 0 Å². The number of piperidine rings is 1. The third-order valence-corrected chi connectivity index (χ3v) is 5.27. The Kier molecular flexibility index (Phi) is 5.07. The average Bonchev–Trinajstić information content (AvgIpc) is 3.24.